The Morgan fingerprint density at radius 1 is 1.21 bits per heavy atom. The summed E-state index contributed by atoms with van der Waals surface area (Å²) in [5, 5.41) is 11.8. The second-order valence-corrected chi connectivity index (χ2v) is 8.76. The lowest BCUT2D eigenvalue weighted by atomic mass is 10.1. The zero-order chi connectivity index (χ0) is 20.5. The number of aryl methyl sites for hydroxylation is 2. The van der Waals surface area contributed by atoms with Crippen molar-refractivity contribution in [2.24, 2.45) is 0 Å². The van der Waals surface area contributed by atoms with E-state index < -0.39 is 0 Å². The molecule has 1 aliphatic carbocycles. The molecule has 0 radical (unpaired) electrons. The number of nitrogens with one attached hydrogen (secondary N) is 1. The lowest BCUT2D eigenvalue weighted by molar-refractivity contribution is -0.115. The average molecular weight is 411 g/mol. The fourth-order valence-electron chi connectivity index (χ4n) is 3.16. The van der Waals surface area contributed by atoms with E-state index in [0.29, 0.717) is 16.5 Å². The number of hydrogen-bond donors (Lipinski definition) is 1. The molecule has 5 nitrogen and oxygen atoms in total. The third-order valence-corrected chi connectivity index (χ3v) is 6.05. The van der Waals surface area contributed by atoms with Gasteiger partial charge in [-0.3, -0.25) is 9.36 Å². The first-order valence-electron chi connectivity index (χ1n) is 9.68. The zero-order valence-corrected chi connectivity index (χ0v) is 17.5. The monoisotopic (exact) mass is 410 g/mol. The van der Waals surface area contributed by atoms with Crippen molar-refractivity contribution in [3.05, 3.63) is 59.4 Å². The molecule has 1 aromatic heterocycles. The van der Waals surface area contributed by atoms with Gasteiger partial charge in [-0.15, -0.1) is 10.2 Å². The zero-order valence-electron chi connectivity index (χ0n) is 16.6. The molecule has 0 aliphatic heterocycles. The number of carbonyl (C=O) groups is 1. The van der Waals surface area contributed by atoms with E-state index in [2.05, 4.69) is 15.5 Å². The van der Waals surface area contributed by atoms with Crippen LogP contribution in [0.4, 0.5) is 10.1 Å². The summed E-state index contributed by atoms with van der Waals surface area (Å²) in [6, 6.07) is 12.8. The molecule has 1 atom stereocenters. The van der Waals surface area contributed by atoms with Crippen molar-refractivity contribution in [1.29, 1.82) is 0 Å². The quantitative estimate of drug-likeness (QED) is 0.571. The predicted molar refractivity (Wildman–Crippen MR) is 114 cm³/mol. The lowest BCUT2D eigenvalue weighted by Gasteiger charge is -2.15. The summed E-state index contributed by atoms with van der Waals surface area (Å²) in [7, 11) is 0. The fourth-order valence-corrected chi connectivity index (χ4v) is 4.08. The third-order valence-electron chi connectivity index (χ3n) is 4.99. The molecule has 0 saturated heterocycles. The SMILES string of the molecule is Cc1ccc(C)c(NC(=O)[C@@H](C)Sc2nnc(-c3ccccc3F)n2C2CC2)c1. The molecule has 1 N–H and O–H groups in total. The second kappa shape index (κ2) is 7.99. The van der Waals surface area contributed by atoms with E-state index in [0.717, 1.165) is 29.7 Å². The van der Waals surface area contributed by atoms with Gasteiger partial charge < -0.3 is 5.32 Å². The molecule has 3 aromatic rings. The van der Waals surface area contributed by atoms with Crippen molar-refractivity contribution in [3.63, 3.8) is 0 Å². The number of aromatic nitrogens is 3. The number of halogens is 1. The summed E-state index contributed by atoms with van der Waals surface area (Å²) in [4.78, 5) is 12.8. The number of carbonyl (C=O) groups excluding carboxylic acids is 1. The Kier molecular flexibility index (Phi) is 5.41. The van der Waals surface area contributed by atoms with Crippen LogP contribution in [-0.2, 0) is 4.79 Å². The van der Waals surface area contributed by atoms with Gasteiger partial charge in [0.15, 0.2) is 11.0 Å². The minimum atomic E-state index is -0.370. The molecule has 0 bridgehead atoms. The highest BCUT2D eigenvalue weighted by Gasteiger charge is 2.32. The van der Waals surface area contributed by atoms with Gasteiger partial charge in [0.2, 0.25) is 5.91 Å². The molecule has 0 spiro atoms. The van der Waals surface area contributed by atoms with Crippen LogP contribution in [0.25, 0.3) is 11.4 Å². The normalized spacial score (nSPS) is 14.6. The van der Waals surface area contributed by atoms with Crippen molar-refractivity contribution in [1.82, 2.24) is 14.8 Å². The van der Waals surface area contributed by atoms with E-state index in [4.69, 9.17) is 0 Å². The Labute approximate surface area is 173 Å². The molecule has 1 fully saturated rings. The van der Waals surface area contributed by atoms with Crippen LogP contribution in [0, 0.1) is 19.7 Å². The fraction of sp³-hybridized carbons (Fsp3) is 0.318. The van der Waals surface area contributed by atoms with Crippen molar-refractivity contribution < 1.29 is 9.18 Å². The second-order valence-electron chi connectivity index (χ2n) is 7.45. The molecule has 0 unspecified atom stereocenters. The van der Waals surface area contributed by atoms with Gasteiger partial charge >= 0.3 is 0 Å². The number of benzene rings is 2. The van der Waals surface area contributed by atoms with Gasteiger partial charge in [0.25, 0.3) is 0 Å². The van der Waals surface area contributed by atoms with Gasteiger partial charge in [-0.1, -0.05) is 36.0 Å². The van der Waals surface area contributed by atoms with E-state index in [1.165, 1.54) is 17.8 Å². The molecule has 4 rings (SSSR count). The van der Waals surface area contributed by atoms with Crippen molar-refractivity contribution >= 4 is 23.4 Å². The number of anilines is 1. The summed E-state index contributed by atoms with van der Waals surface area (Å²) >= 11 is 1.35. The van der Waals surface area contributed by atoms with Crippen LogP contribution in [0.5, 0.6) is 0 Å². The van der Waals surface area contributed by atoms with Gasteiger partial charge in [0.1, 0.15) is 5.82 Å². The largest absolute Gasteiger partial charge is 0.325 e. The van der Waals surface area contributed by atoms with E-state index in [1.54, 1.807) is 18.2 Å². The predicted octanol–water partition coefficient (Wildman–Crippen LogP) is 5.16. The van der Waals surface area contributed by atoms with E-state index >= 15 is 0 Å². The van der Waals surface area contributed by atoms with Crippen molar-refractivity contribution in [2.75, 3.05) is 5.32 Å². The Bertz CT molecular complexity index is 1060. The maximum absolute atomic E-state index is 14.3. The maximum atomic E-state index is 14.3. The van der Waals surface area contributed by atoms with Crippen LogP contribution in [0.2, 0.25) is 0 Å². The van der Waals surface area contributed by atoms with Crippen LogP contribution >= 0.6 is 11.8 Å². The first kappa shape index (κ1) is 19.6. The first-order valence-corrected chi connectivity index (χ1v) is 10.6. The van der Waals surface area contributed by atoms with Crippen LogP contribution in [0.3, 0.4) is 0 Å². The number of thioether (sulfide) groups is 1. The van der Waals surface area contributed by atoms with Crippen molar-refractivity contribution in [3.8, 4) is 11.4 Å². The number of amides is 1. The molecule has 1 aliphatic rings. The summed E-state index contributed by atoms with van der Waals surface area (Å²) in [6.45, 7) is 5.81. The molecular weight excluding hydrogens is 387 g/mol. The molecule has 7 heteroatoms. The lowest BCUT2D eigenvalue weighted by Crippen LogP contribution is -2.23. The van der Waals surface area contributed by atoms with E-state index in [9.17, 15) is 9.18 Å². The van der Waals surface area contributed by atoms with Gasteiger partial charge in [-0.25, -0.2) is 4.39 Å². The van der Waals surface area contributed by atoms with Crippen LogP contribution in [0.1, 0.15) is 36.9 Å². The van der Waals surface area contributed by atoms with Crippen LogP contribution < -0.4 is 5.32 Å². The standard InChI is InChI=1S/C22H23FN4OS/c1-13-8-9-14(2)19(12-13)24-21(28)15(3)29-22-26-25-20(27(22)16-10-11-16)17-6-4-5-7-18(17)23/h4-9,12,15-16H,10-11H2,1-3H3,(H,24,28)/t15-/m1/s1. The Hall–Kier alpha value is -2.67. The number of nitrogens with zero attached hydrogens (tertiary/aromatic N) is 3. The maximum Gasteiger partial charge on any atom is 0.237 e. The Morgan fingerprint density at radius 2 is 1.97 bits per heavy atom. The average Bonchev–Trinajstić information content (AvgIpc) is 3.45. The highest BCUT2D eigenvalue weighted by molar-refractivity contribution is 8.00. The van der Waals surface area contributed by atoms with Gasteiger partial charge in [0, 0.05) is 11.7 Å². The van der Waals surface area contributed by atoms with Gasteiger partial charge in [-0.05, 0) is 62.9 Å². The van der Waals surface area contributed by atoms with Gasteiger partial charge in [-0.2, -0.15) is 0 Å². The third kappa shape index (κ3) is 4.19. The summed E-state index contributed by atoms with van der Waals surface area (Å²) in [5.74, 6) is 0.107. The summed E-state index contributed by atoms with van der Waals surface area (Å²) in [5.41, 5.74) is 3.36. The Balaban J connectivity index is 1.55. The van der Waals surface area contributed by atoms with Crippen LogP contribution in [0.15, 0.2) is 47.6 Å². The highest BCUT2D eigenvalue weighted by atomic mass is 32.2. The molecule has 150 valence electrons. The minimum absolute atomic E-state index is 0.0958. The van der Waals surface area contributed by atoms with Crippen molar-refractivity contribution in [2.45, 2.75) is 50.1 Å². The number of rotatable bonds is 6. The molecular formula is C22H23FN4OS. The number of hydrogen-bond acceptors (Lipinski definition) is 4. The summed E-state index contributed by atoms with van der Waals surface area (Å²) in [6.07, 6.45) is 2.02. The van der Waals surface area contributed by atoms with E-state index in [1.807, 2.05) is 43.5 Å². The van der Waals surface area contributed by atoms with Gasteiger partial charge in [0.05, 0.1) is 10.8 Å². The highest BCUT2D eigenvalue weighted by Crippen LogP contribution is 2.42. The summed E-state index contributed by atoms with van der Waals surface area (Å²) < 4.78 is 16.3. The topological polar surface area (TPSA) is 59.8 Å². The minimum Gasteiger partial charge on any atom is -0.325 e. The first-order chi connectivity index (χ1) is 13.9. The smallest absolute Gasteiger partial charge is 0.237 e. The molecule has 29 heavy (non-hydrogen) atoms. The van der Waals surface area contributed by atoms with Crippen LogP contribution in [-0.4, -0.2) is 25.9 Å². The molecule has 1 amide bonds. The molecule has 1 heterocycles. The Morgan fingerprint density at radius 3 is 2.69 bits per heavy atom. The molecule has 2 aromatic carbocycles. The molecule has 1 saturated carbocycles. The van der Waals surface area contributed by atoms with E-state index in [-0.39, 0.29) is 23.0 Å².